The Hall–Kier alpha value is -1.60. The smallest absolute Gasteiger partial charge is 0.270 e. The van der Waals surface area contributed by atoms with Crippen LogP contribution < -0.4 is 0 Å². The lowest BCUT2D eigenvalue weighted by Crippen LogP contribution is -2.47. The fraction of sp³-hybridized carbons (Fsp3) is 0.588. The second-order valence-electron chi connectivity index (χ2n) is 6.40. The van der Waals surface area contributed by atoms with Crippen LogP contribution in [-0.2, 0) is 0 Å². The minimum absolute atomic E-state index is 0.0267. The first-order chi connectivity index (χ1) is 11.6. The van der Waals surface area contributed by atoms with Gasteiger partial charge in [-0.25, -0.2) is 0 Å². The number of benzene rings is 1. The summed E-state index contributed by atoms with van der Waals surface area (Å²) in [7, 11) is 0. The molecule has 130 valence electrons. The number of thioether (sulfide) groups is 1. The average molecular weight is 349 g/mol. The number of hydrogen-bond acceptors (Lipinski definition) is 5. The van der Waals surface area contributed by atoms with Crippen molar-refractivity contribution >= 4 is 23.4 Å². The lowest BCUT2D eigenvalue weighted by atomic mass is 10.1. The van der Waals surface area contributed by atoms with Crippen molar-refractivity contribution in [3.63, 3.8) is 0 Å². The van der Waals surface area contributed by atoms with Crippen molar-refractivity contribution in [2.24, 2.45) is 0 Å². The van der Waals surface area contributed by atoms with Crippen LogP contribution in [-0.4, -0.2) is 64.4 Å². The topological polar surface area (TPSA) is 66.7 Å². The van der Waals surface area contributed by atoms with Gasteiger partial charge in [-0.3, -0.25) is 14.9 Å². The van der Waals surface area contributed by atoms with E-state index in [4.69, 9.17) is 0 Å². The maximum Gasteiger partial charge on any atom is 0.270 e. The molecule has 2 aliphatic rings. The van der Waals surface area contributed by atoms with Gasteiger partial charge in [-0.05, 0) is 44.2 Å². The summed E-state index contributed by atoms with van der Waals surface area (Å²) in [6.45, 7) is 3.86. The first-order valence-electron chi connectivity index (χ1n) is 8.50. The maximum atomic E-state index is 13.0. The van der Waals surface area contributed by atoms with Crippen molar-refractivity contribution in [3.8, 4) is 0 Å². The molecule has 0 bridgehead atoms. The summed E-state index contributed by atoms with van der Waals surface area (Å²) >= 11 is 1.90. The summed E-state index contributed by atoms with van der Waals surface area (Å²) < 4.78 is 0. The maximum absolute atomic E-state index is 13.0. The normalized spacial score (nSPS) is 22.3. The summed E-state index contributed by atoms with van der Waals surface area (Å²) in [5.74, 6) is 1.93. The lowest BCUT2D eigenvalue weighted by molar-refractivity contribution is -0.384. The number of nitrogens with zero attached hydrogens (tertiary/aromatic N) is 3. The van der Waals surface area contributed by atoms with Gasteiger partial charge in [0.05, 0.1) is 11.0 Å². The molecular formula is C17H23N3O3S. The second kappa shape index (κ2) is 7.98. The van der Waals surface area contributed by atoms with Gasteiger partial charge in [0.15, 0.2) is 0 Å². The summed E-state index contributed by atoms with van der Waals surface area (Å²) in [5, 5.41) is 11.0. The predicted octanol–water partition coefficient (Wildman–Crippen LogP) is 2.64. The molecule has 0 aromatic heterocycles. The first kappa shape index (κ1) is 17.2. The van der Waals surface area contributed by atoms with E-state index in [1.807, 2.05) is 16.7 Å². The molecule has 0 aliphatic carbocycles. The highest BCUT2D eigenvalue weighted by Gasteiger charge is 2.29. The molecule has 7 heteroatoms. The molecule has 1 aromatic rings. The van der Waals surface area contributed by atoms with E-state index in [9.17, 15) is 14.9 Å². The third-order valence-corrected chi connectivity index (χ3v) is 5.87. The molecule has 0 spiro atoms. The van der Waals surface area contributed by atoms with E-state index >= 15 is 0 Å². The number of non-ortho nitro benzene ring substituents is 1. The van der Waals surface area contributed by atoms with Gasteiger partial charge >= 0.3 is 0 Å². The summed E-state index contributed by atoms with van der Waals surface area (Å²) in [4.78, 5) is 27.9. The fourth-order valence-corrected chi connectivity index (χ4v) is 4.49. The number of rotatable bonds is 4. The zero-order valence-electron chi connectivity index (χ0n) is 13.7. The van der Waals surface area contributed by atoms with Gasteiger partial charge in [0.2, 0.25) is 0 Å². The van der Waals surface area contributed by atoms with E-state index < -0.39 is 4.92 Å². The molecule has 24 heavy (non-hydrogen) atoms. The molecular weight excluding hydrogens is 326 g/mol. The number of nitro groups is 1. The highest BCUT2D eigenvalue weighted by atomic mass is 32.2. The van der Waals surface area contributed by atoms with Crippen LogP contribution in [0, 0.1) is 10.1 Å². The van der Waals surface area contributed by atoms with Crippen LogP contribution in [0.25, 0.3) is 0 Å². The van der Waals surface area contributed by atoms with E-state index in [2.05, 4.69) is 4.90 Å². The van der Waals surface area contributed by atoms with Crippen LogP contribution in [0.5, 0.6) is 0 Å². The van der Waals surface area contributed by atoms with E-state index in [-0.39, 0.29) is 17.6 Å². The van der Waals surface area contributed by atoms with Gasteiger partial charge in [-0.1, -0.05) is 6.07 Å². The van der Waals surface area contributed by atoms with Crippen molar-refractivity contribution < 1.29 is 9.72 Å². The average Bonchev–Trinajstić information content (AvgIpc) is 2.99. The van der Waals surface area contributed by atoms with Crippen molar-refractivity contribution in [1.82, 2.24) is 9.80 Å². The van der Waals surface area contributed by atoms with Crippen LogP contribution >= 0.6 is 11.8 Å². The number of amides is 1. The largest absolute Gasteiger partial charge is 0.334 e. The van der Waals surface area contributed by atoms with Crippen molar-refractivity contribution in [3.05, 3.63) is 39.9 Å². The van der Waals surface area contributed by atoms with Crippen LogP contribution in [0.1, 0.15) is 29.6 Å². The highest BCUT2D eigenvalue weighted by molar-refractivity contribution is 7.99. The van der Waals surface area contributed by atoms with Gasteiger partial charge in [-0.2, -0.15) is 11.8 Å². The molecule has 1 amide bonds. The van der Waals surface area contributed by atoms with Crippen molar-refractivity contribution in [2.45, 2.75) is 25.3 Å². The zero-order chi connectivity index (χ0) is 16.9. The second-order valence-corrected chi connectivity index (χ2v) is 7.55. The molecule has 0 N–H and O–H groups in total. The molecule has 0 saturated carbocycles. The summed E-state index contributed by atoms with van der Waals surface area (Å²) in [6, 6.07) is 6.28. The van der Waals surface area contributed by atoms with Crippen LogP contribution in [0.15, 0.2) is 24.3 Å². The molecule has 1 unspecified atom stereocenters. The zero-order valence-corrected chi connectivity index (χ0v) is 14.5. The van der Waals surface area contributed by atoms with E-state index in [0.717, 1.165) is 44.1 Å². The van der Waals surface area contributed by atoms with Crippen LogP contribution in [0.3, 0.4) is 0 Å². The molecule has 0 radical (unpaired) electrons. The third-order valence-electron chi connectivity index (χ3n) is 4.67. The van der Waals surface area contributed by atoms with Gasteiger partial charge in [-0.15, -0.1) is 0 Å². The molecule has 6 nitrogen and oxygen atoms in total. The Balaban J connectivity index is 1.78. The monoisotopic (exact) mass is 349 g/mol. The van der Waals surface area contributed by atoms with Crippen LogP contribution in [0.2, 0.25) is 0 Å². The van der Waals surface area contributed by atoms with Crippen molar-refractivity contribution in [1.29, 1.82) is 0 Å². The Kier molecular flexibility index (Phi) is 5.73. The van der Waals surface area contributed by atoms with Crippen LogP contribution in [0.4, 0.5) is 5.69 Å². The quantitative estimate of drug-likeness (QED) is 0.617. The van der Waals surface area contributed by atoms with Gasteiger partial charge < -0.3 is 9.80 Å². The Labute approximate surface area is 146 Å². The SMILES string of the molecule is O=C(c1cccc([N+](=O)[O-])c1)N1CCCSCC1CN1CCCC1. The number of hydrogen-bond donors (Lipinski definition) is 0. The van der Waals surface area contributed by atoms with Gasteiger partial charge in [0.25, 0.3) is 11.6 Å². The third kappa shape index (κ3) is 4.08. The Morgan fingerprint density at radius 2 is 2.04 bits per heavy atom. The minimum Gasteiger partial charge on any atom is -0.334 e. The molecule has 1 aromatic carbocycles. The van der Waals surface area contributed by atoms with Gasteiger partial charge in [0, 0.05) is 36.5 Å². The molecule has 2 saturated heterocycles. The Bertz CT molecular complexity index is 604. The summed E-state index contributed by atoms with van der Waals surface area (Å²) in [6.07, 6.45) is 3.44. The molecule has 2 fully saturated rings. The van der Waals surface area contributed by atoms with Gasteiger partial charge in [0.1, 0.15) is 0 Å². The number of likely N-dealkylation sites (tertiary alicyclic amines) is 1. The van der Waals surface area contributed by atoms with Crippen molar-refractivity contribution in [2.75, 3.05) is 37.7 Å². The van der Waals surface area contributed by atoms with E-state index in [1.54, 1.807) is 12.1 Å². The first-order valence-corrected chi connectivity index (χ1v) is 9.66. The van der Waals surface area contributed by atoms with E-state index in [0.29, 0.717) is 5.56 Å². The number of nitro benzene ring substituents is 1. The summed E-state index contributed by atoms with van der Waals surface area (Å²) in [5.41, 5.74) is 0.392. The molecule has 2 heterocycles. The fourth-order valence-electron chi connectivity index (χ4n) is 3.43. The lowest BCUT2D eigenvalue weighted by Gasteiger charge is -2.32. The molecule has 3 rings (SSSR count). The Morgan fingerprint density at radius 3 is 2.79 bits per heavy atom. The number of carbonyl (C=O) groups is 1. The standard InChI is InChI=1S/C17H23N3O3S/c21-17(14-5-3-6-15(11-14)20(22)23)19-9-4-10-24-13-16(19)12-18-7-1-2-8-18/h3,5-6,11,16H,1-2,4,7-10,12-13H2. The number of carbonyl (C=O) groups excluding carboxylic acids is 1. The molecule has 1 atom stereocenters. The Morgan fingerprint density at radius 1 is 1.25 bits per heavy atom. The highest BCUT2D eigenvalue weighted by Crippen LogP contribution is 2.22. The predicted molar refractivity (Wildman–Crippen MR) is 95.5 cm³/mol. The van der Waals surface area contributed by atoms with E-state index in [1.165, 1.54) is 25.0 Å². The minimum atomic E-state index is -0.448. The molecule has 2 aliphatic heterocycles.